The molecule has 34 heavy (non-hydrogen) atoms. The minimum Gasteiger partial charge on any atom is -0.294 e. The number of aromatic nitrogens is 1. The third-order valence-corrected chi connectivity index (χ3v) is 9.14. The molecule has 0 radical (unpaired) electrons. The summed E-state index contributed by atoms with van der Waals surface area (Å²) in [5.41, 5.74) is 5.32. The molecule has 0 fully saturated rings. The van der Waals surface area contributed by atoms with Gasteiger partial charge in [0.15, 0.2) is 0 Å². The van der Waals surface area contributed by atoms with E-state index in [2.05, 4.69) is 16.9 Å². The van der Waals surface area contributed by atoms with E-state index in [4.69, 9.17) is 11.6 Å². The van der Waals surface area contributed by atoms with E-state index in [0.717, 1.165) is 35.3 Å². The highest BCUT2D eigenvalue weighted by Crippen LogP contribution is 2.27. The van der Waals surface area contributed by atoms with Gasteiger partial charge in [0, 0.05) is 11.1 Å². The predicted octanol–water partition coefficient (Wildman–Crippen LogP) is 5.68. The Morgan fingerprint density at radius 1 is 1.00 bits per heavy atom. The minimum atomic E-state index is -3.76. The first-order chi connectivity index (χ1) is 16.3. The number of benzene rings is 3. The van der Waals surface area contributed by atoms with E-state index in [-0.39, 0.29) is 15.8 Å². The molecule has 3 aromatic carbocycles. The fourth-order valence-electron chi connectivity index (χ4n) is 4.53. The zero-order valence-corrected chi connectivity index (χ0v) is 21.1. The molecule has 1 aliphatic carbocycles. The maximum atomic E-state index is 13.2. The first-order valence-corrected chi connectivity index (χ1v) is 14.0. The fourth-order valence-corrected chi connectivity index (χ4v) is 6.92. The molecule has 5 rings (SSSR count). The normalized spacial score (nSPS) is 14.8. The summed E-state index contributed by atoms with van der Waals surface area (Å²) in [4.78, 5) is 12.7. The number of aryl methyl sites for hydroxylation is 2. The smallest absolute Gasteiger partial charge is 0.294 e. The van der Waals surface area contributed by atoms with Crippen LogP contribution in [0.1, 0.15) is 48.1 Å². The summed E-state index contributed by atoms with van der Waals surface area (Å²) in [7, 11) is -3.76. The molecule has 0 amide bonds. The van der Waals surface area contributed by atoms with Crippen molar-refractivity contribution in [3.63, 3.8) is 0 Å². The van der Waals surface area contributed by atoms with Crippen molar-refractivity contribution >= 4 is 43.2 Å². The van der Waals surface area contributed by atoms with Crippen LogP contribution in [-0.2, 0) is 29.4 Å². The number of hydrogen-bond acceptors (Lipinski definition) is 4. The Balaban J connectivity index is 1.40. The molecule has 1 atom stereocenters. The topological polar surface area (TPSA) is 68.2 Å². The fraction of sp³-hybridized carbons (Fsp3) is 0.269. The van der Waals surface area contributed by atoms with Gasteiger partial charge in [0.05, 0.1) is 21.7 Å². The van der Waals surface area contributed by atoms with Gasteiger partial charge in [-0.15, -0.1) is 0 Å². The van der Waals surface area contributed by atoms with Crippen molar-refractivity contribution in [1.29, 1.82) is 0 Å². The Bertz CT molecular complexity index is 1520. The van der Waals surface area contributed by atoms with Crippen molar-refractivity contribution in [2.75, 3.05) is 0 Å². The lowest BCUT2D eigenvalue weighted by atomic mass is 9.89. The third kappa shape index (κ3) is 4.70. The molecule has 0 saturated carbocycles. The number of rotatable bonds is 6. The van der Waals surface area contributed by atoms with Crippen LogP contribution in [-0.4, -0.2) is 13.0 Å². The second kappa shape index (κ2) is 9.30. The van der Waals surface area contributed by atoms with E-state index in [1.54, 1.807) is 34.9 Å². The van der Waals surface area contributed by atoms with Crippen molar-refractivity contribution in [2.24, 2.45) is 0 Å². The van der Waals surface area contributed by atoms with Crippen molar-refractivity contribution in [2.45, 2.75) is 50.1 Å². The average molecular weight is 513 g/mol. The number of nitrogens with zero attached hydrogens (tertiary/aromatic N) is 1. The first-order valence-electron chi connectivity index (χ1n) is 11.3. The lowest BCUT2D eigenvalue weighted by Gasteiger charge is -2.20. The predicted molar refractivity (Wildman–Crippen MR) is 138 cm³/mol. The summed E-state index contributed by atoms with van der Waals surface area (Å²) in [6.07, 6.45) is 4.53. The summed E-state index contributed by atoms with van der Waals surface area (Å²) in [5.74, 6) is 0. The lowest BCUT2D eigenvalue weighted by molar-refractivity contribution is 0.566. The zero-order chi connectivity index (χ0) is 23.9. The van der Waals surface area contributed by atoms with Crippen LogP contribution in [0.3, 0.4) is 0 Å². The Morgan fingerprint density at radius 2 is 1.74 bits per heavy atom. The van der Waals surface area contributed by atoms with Gasteiger partial charge in [-0.2, -0.15) is 0 Å². The van der Waals surface area contributed by atoms with E-state index in [9.17, 15) is 13.2 Å². The average Bonchev–Trinajstić information content (AvgIpc) is 3.14. The third-order valence-electron chi connectivity index (χ3n) is 6.41. The number of thiazole rings is 1. The van der Waals surface area contributed by atoms with Gasteiger partial charge in [0.2, 0.25) is 10.0 Å². The molecule has 1 aromatic heterocycles. The number of nitrogens with one attached hydrogen (secondary N) is 1. The molecule has 176 valence electrons. The molecular formula is C26H25ClN2O3S2. The van der Waals surface area contributed by atoms with Crippen LogP contribution in [0.25, 0.3) is 10.2 Å². The largest absolute Gasteiger partial charge is 0.308 e. The Labute approximate surface area is 208 Å². The van der Waals surface area contributed by atoms with Gasteiger partial charge in [-0.3, -0.25) is 9.36 Å². The molecule has 4 aromatic rings. The Hall–Kier alpha value is -2.45. The van der Waals surface area contributed by atoms with Gasteiger partial charge in [0.25, 0.3) is 0 Å². The van der Waals surface area contributed by atoms with Crippen LogP contribution in [0.5, 0.6) is 0 Å². The Morgan fingerprint density at radius 3 is 2.50 bits per heavy atom. The SMILES string of the molecule is CC(NS(=O)(=O)c1ccc2c(c1)sc(=O)n2Cc1ccc(Cl)cc1)c1ccc2c(c1)CCCC2. The second-order valence-corrected chi connectivity index (χ2v) is 11.9. The number of fused-ring (bicyclic) bond motifs is 2. The molecule has 0 saturated heterocycles. The second-order valence-electron chi connectivity index (χ2n) is 8.79. The van der Waals surface area contributed by atoms with Crippen molar-refractivity contribution in [3.05, 3.63) is 97.6 Å². The molecule has 0 aliphatic heterocycles. The molecular weight excluding hydrogens is 488 g/mol. The molecule has 1 N–H and O–H groups in total. The van der Waals surface area contributed by atoms with Gasteiger partial charge in [-0.05, 0) is 85.2 Å². The van der Waals surface area contributed by atoms with Crippen LogP contribution >= 0.6 is 22.9 Å². The highest BCUT2D eigenvalue weighted by Gasteiger charge is 2.21. The summed E-state index contributed by atoms with van der Waals surface area (Å²) in [5, 5.41) is 0.637. The van der Waals surface area contributed by atoms with Crippen LogP contribution in [0.2, 0.25) is 5.02 Å². The molecule has 1 unspecified atom stereocenters. The number of sulfonamides is 1. The quantitative estimate of drug-likeness (QED) is 0.361. The molecule has 1 heterocycles. The summed E-state index contributed by atoms with van der Waals surface area (Å²) >= 11 is 7.01. The van der Waals surface area contributed by atoms with Gasteiger partial charge >= 0.3 is 4.87 Å². The standard InChI is InChI=1S/C26H25ClN2O3S2/c1-17(20-9-8-19-4-2-3-5-21(19)14-20)28-34(31,32)23-12-13-24-25(15-23)33-26(30)29(24)16-18-6-10-22(27)11-7-18/h6-15,17,28H,2-5,16H2,1H3. The van der Waals surface area contributed by atoms with Crippen LogP contribution < -0.4 is 9.60 Å². The van der Waals surface area contributed by atoms with E-state index in [1.165, 1.54) is 24.0 Å². The zero-order valence-electron chi connectivity index (χ0n) is 18.8. The number of halogens is 1. The monoisotopic (exact) mass is 512 g/mol. The van der Waals surface area contributed by atoms with Gasteiger partial charge in [0.1, 0.15) is 0 Å². The lowest BCUT2D eigenvalue weighted by Crippen LogP contribution is -2.27. The summed E-state index contributed by atoms with van der Waals surface area (Å²) in [6, 6.07) is 18.1. The highest BCUT2D eigenvalue weighted by atomic mass is 35.5. The molecule has 0 spiro atoms. The first kappa shape index (κ1) is 23.3. The van der Waals surface area contributed by atoms with Crippen LogP contribution in [0, 0.1) is 0 Å². The van der Waals surface area contributed by atoms with Crippen LogP contribution in [0.4, 0.5) is 0 Å². The number of hydrogen-bond donors (Lipinski definition) is 1. The van der Waals surface area contributed by atoms with Gasteiger partial charge < -0.3 is 0 Å². The van der Waals surface area contributed by atoms with E-state index in [0.29, 0.717) is 21.8 Å². The van der Waals surface area contributed by atoms with Gasteiger partial charge in [-0.25, -0.2) is 13.1 Å². The maximum absolute atomic E-state index is 13.2. The summed E-state index contributed by atoms with van der Waals surface area (Å²) < 4.78 is 31.4. The minimum absolute atomic E-state index is 0.130. The van der Waals surface area contributed by atoms with Crippen molar-refractivity contribution in [3.8, 4) is 0 Å². The van der Waals surface area contributed by atoms with E-state index in [1.807, 2.05) is 25.1 Å². The molecule has 5 nitrogen and oxygen atoms in total. The van der Waals surface area contributed by atoms with Crippen LogP contribution in [0.15, 0.2) is 70.4 Å². The summed E-state index contributed by atoms with van der Waals surface area (Å²) in [6.45, 7) is 2.26. The highest BCUT2D eigenvalue weighted by molar-refractivity contribution is 7.89. The van der Waals surface area contributed by atoms with E-state index < -0.39 is 10.0 Å². The molecule has 1 aliphatic rings. The molecule has 0 bridgehead atoms. The molecule has 8 heteroatoms. The van der Waals surface area contributed by atoms with Gasteiger partial charge in [-0.1, -0.05) is 53.3 Å². The van der Waals surface area contributed by atoms with E-state index >= 15 is 0 Å². The Kier molecular flexibility index (Phi) is 6.37. The van der Waals surface area contributed by atoms with Crippen molar-refractivity contribution < 1.29 is 8.42 Å². The maximum Gasteiger partial charge on any atom is 0.308 e. The van der Waals surface area contributed by atoms with Crippen molar-refractivity contribution in [1.82, 2.24) is 9.29 Å².